The molecule has 0 saturated carbocycles. The van der Waals surface area contributed by atoms with Gasteiger partial charge in [0.05, 0.1) is 16.7 Å². The lowest BCUT2D eigenvalue weighted by atomic mass is 10.2. The summed E-state index contributed by atoms with van der Waals surface area (Å²) in [5.41, 5.74) is 0.951. The highest BCUT2D eigenvalue weighted by Crippen LogP contribution is 2.31. The fourth-order valence-electron chi connectivity index (χ4n) is 2.78. The van der Waals surface area contributed by atoms with Crippen LogP contribution in [0.15, 0.2) is 59.3 Å². The fraction of sp³-hybridized carbons (Fsp3) is 0.100. The predicted molar refractivity (Wildman–Crippen MR) is 113 cm³/mol. The first-order valence-electron chi connectivity index (χ1n) is 9.18. The van der Waals surface area contributed by atoms with Crippen molar-refractivity contribution in [2.45, 2.75) is 6.61 Å². The van der Waals surface area contributed by atoms with E-state index in [0.29, 0.717) is 17.0 Å². The number of carbonyl (C=O) groups excluding carboxylic acids is 1. The molecule has 0 bridgehead atoms. The molecule has 0 aliphatic heterocycles. The van der Waals surface area contributed by atoms with Crippen molar-refractivity contribution in [3.63, 3.8) is 0 Å². The van der Waals surface area contributed by atoms with Crippen molar-refractivity contribution in [1.82, 2.24) is 20.0 Å². The van der Waals surface area contributed by atoms with Crippen LogP contribution in [0.25, 0.3) is 11.5 Å². The van der Waals surface area contributed by atoms with E-state index >= 15 is 0 Å². The molecule has 12 heteroatoms. The number of nitrogens with one attached hydrogen (secondary N) is 1. The van der Waals surface area contributed by atoms with Gasteiger partial charge in [-0.25, -0.2) is 0 Å². The number of anilines is 1. The Morgan fingerprint density at radius 1 is 1.25 bits per heavy atom. The van der Waals surface area contributed by atoms with Gasteiger partial charge in [-0.1, -0.05) is 11.6 Å². The molecule has 1 amide bonds. The standard InChI is InChI=1S/C20H15ClN6O5/c1-26-10-12(9-22-26)19(28)23-14-3-5-15(6-4-14)31-11-18-24-25-20(32-18)16-7-2-13(21)8-17(16)27(29)30/h2-10H,11H2,1H3,(H,23,28). The minimum absolute atomic E-state index is 0.0135. The number of nitro groups is 1. The third-order valence-electron chi connectivity index (χ3n) is 4.30. The second-order valence-corrected chi connectivity index (χ2v) is 7.03. The molecule has 0 unspecified atom stereocenters. The highest BCUT2D eigenvalue weighted by molar-refractivity contribution is 6.30. The van der Waals surface area contributed by atoms with Crippen LogP contribution in [-0.2, 0) is 13.7 Å². The Morgan fingerprint density at radius 3 is 2.72 bits per heavy atom. The number of nitrogens with zero attached hydrogens (tertiary/aromatic N) is 5. The van der Waals surface area contributed by atoms with E-state index in [2.05, 4.69) is 20.6 Å². The van der Waals surface area contributed by atoms with Crippen LogP contribution in [0.2, 0.25) is 5.02 Å². The topological polar surface area (TPSA) is 138 Å². The summed E-state index contributed by atoms with van der Waals surface area (Å²) in [6, 6.07) is 10.8. The number of aryl methyl sites for hydroxylation is 1. The monoisotopic (exact) mass is 454 g/mol. The molecule has 11 nitrogen and oxygen atoms in total. The number of halogens is 1. The second-order valence-electron chi connectivity index (χ2n) is 6.59. The van der Waals surface area contributed by atoms with E-state index in [1.54, 1.807) is 42.2 Å². The second kappa shape index (κ2) is 8.86. The van der Waals surface area contributed by atoms with Crippen molar-refractivity contribution in [3.05, 3.63) is 81.4 Å². The van der Waals surface area contributed by atoms with Gasteiger partial charge in [0.1, 0.15) is 11.3 Å². The average molecular weight is 455 g/mol. The van der Waals surface area contributed by atoms with E-state index in [1.165, 1.54) is 24.4 Å². The molecule has 2 aromatic carbocycles. The molecule has 2 aromatic heterocycles. The third kappa shape index (κ3) is 4.73. The maximum Gasteiger partial charge on any atom is 0.283 e. The Morgan fingerprint density at radius 2 is 2.03 bits per heavy atom. The van der Waals surface area contributed by atoms with Crippen LogP contribution >= 0.6 is 11.6 Å². The fourth-order valence-corrected chi connectivity index (χ4v) is 2.95. The van der Waals surface area contributed by atoms with Crippen molar-refractivity contribution < 1.29 is 18.9 Å². The summed E-state index contributed by atoms with van der Waals surface area (Å²) in [6.07, 6.45) is 3.09. The molecule has 1 N–H and O–H groups in total. The average Bonchev–Trinajstić information content (AvgIpc) is 3.42. The number of benzene rings is 2. The first-order valence-corrected chi connectivity index (χ1v) is 9.56. The van der Waals surface area contributed by atoms with Crippen LogP contribution in [0, 0.1) is 10.1 Å². The Kier molecular flexibility index (Phi) is 5.81. The number of hydrogen-bond acceptors (Lipinski definition) is 8. The van der Waals surface area contributed by atoms with E-state index in [0.717, 1.165) is 0 Å². The number of amides is 1. The molecule has 0 spiro atoms. The number of rotatable bonds is 7. The van der Waals surface area contributed by atoms with E-state index in [4.69, 9.17) is 20.8 Å². The molecule has 0 atom stereocenters. The molecule has 4 rings (SSSR count). The number of nitro benzene ring substituents is 1. The van der Waals surface area contributed by atoms with Crippen LogP contribution in [0.5, 0.6) is 5.75 Å². The SMILES string of the molecule is Cn1cc(C(=O)Nc2ccc(OCc3nnc(-c4ccc(Cl)cc4[N+](=O)[O-])o3)cc2)cn1. The molecule has 0 fully saturated rings. The lowest BCUT2D eigenvalue weighted by molar-refractivity contribution is -0.384. The van der Waals surface area contributed by atoms with Crippen LogP contribution in [0.1, 0.15) is 16.2 Å². The van der Waals surface area contributed by atoms with Crippen molar-refractivity contribution in [2.24, 2.45) is 7.05 Å². The number of carbonyl (C=O) groups is 1. The summed E-state index contributed by atoms with van der Waals surface area (Å²) in [7, 11) is 1.73. The predicted octanol–water partition coefficient (Wildman–Crippen LogP) is 3.86. The Bertz CT molecular complexity index is 1280. The molecule has 2 heterocycles. The van der Waals surface area contributed by atoms with Crippen molar-refractivity contribution in [1.29, 1.82) is 0 Å². The minimum Gasteiger partial charge on any atom is -0.484 e. The highest BCUT2D eigenvalue weighted by atomic mass is 35.5. The van der Waals surface area contributed by atoms with E-state index in [9.17, 15) is 14.9 Å². The smallest absolute Gasteiger partial charge is 0.283 e. The van der Waals surface area contributed by atoms with Gasteiger partial charge in [0.15, 0.2) is 6.61 Å². The lowest BCUT2D eigenvalue weighted by Gasteiger charge is -2.06. The molecule has 32 heavy (non-hydrogen) atoms. The maximum absolute atomic E-state index is 12.2. The third-order valence-corrected chi connectivity index (χ3v) is 4.53. The Labute approximate surface area is 185 Å². The van der Waals surface area contributed by atoms with Crippen LogP contribution < -0.4 is 10.1 Å². The van der Waals surface area contributed by atoms with Gasteiger partial charge in [-0.15, -0.1) is 10.2 Å². The van der Waals surface area contributed by atoms with Gasteiger partial charge in [-0.05, 0) is 36.4 Å². The quantitative estimate of drug-likeness (QED) is 0.328. The summed E-state index contributed by atoms with van der Waals surface area (Å²) in [6.45, 7) is -0.0459. The first kappa shape index (κ1) is 21.0. The maximum atomic E-state index is 12.2. The largest absolute Gasteiger partial charge is 0.484 e. The molecule has 0 saturated heterocycles. The summed E-state index contributed by atoms with van der Waals surface area (Å²) in [5.74, 6) is 0.349. The van der Waals surface area contributed by atoms with Gasteiger partial charge in [-0.2, -0.15) is 5.10 Å². The van der Waals surface area contributed by atoms with E-state index < -0.39 is 4.92 Å². The van der Waals surface area contributed by atoms with Gasteiger partial charge in [0.2, 0.25) is 0 Å². The van der Waals surface area contributed by atoms with E-state index in [1.807, 2.05) is 0 Å². The molecule has 162 valence electrons. The molecule has 0 aliphatic carbocycles. The normalized spacial score (nSPS) is 10.7. The van der Waals surface area contributed by atoms with Gasteiger partial charge >= 0.3 is 0 Å². The summed E-state index contributed by atoms with van der Waals surface area (Å²) >= 11 is 5.82. The zero-order valence-electron chi connectivity index (χ0n) is 16.6. The van der Waals surface area contributed by atoms with Gasteiger partial charge < -0.3 is 14.5 Å². The molecule has 0 radical (unpaired) electrons. The zero-order chi connectivity index (χ0) is 22.7. The lowest BCUT2D eigenvalue weighted by Crippen LogP contribution is -2.10. The van der Waals surface area contributed by atoms with Crippen LogP contribution in [0.4, 0.5) is 11.4 Å². The molecular formula is C20H15ClN6O5. The number of ether oxygens (including phenoxy) is 1. The molecule has 0 aliphatic rings. The van der Waals surface area contributed by atoms with E-state index in [-0.39, 0.29) is 40.6 Å². The van der Waals surface area contributed by atoms with Gasteiger partial charge in [0.25, 0.3) is 23.4 Å². The number of aromatic nitrogens is 4. The summed E-state index contributed by atoms with van der Waals surface area (Å²) < 4.78 is 12.6. The molecule has 4 aromatic rings. The van der Waals surface area contributed by atoms with Crippen molar-refractivity contribution >= 4 is 28.9 Å². The first-order chi connectivity index (χ1) is 15.4. The summed E-state index contributed by atoms with van der Waals surface area (Å²) in [5, 5.41) is 25.9. The minimum atomic E-state index is -0.573. The molecular weight excluding hydrogens is 440 g/mol. The van der Waals surface area contributed by atoms with Crippen molar-refractivity contribution in [2.75, 3.05) is 5.32 Å². The van der Waals surface area contributed by atoms with Gasteiger partial charge in [-0.3, -0.25) is 19.6 Å². The summed E-state index contributed by atoms with van der Waals surface area (Å²) in [4.78, 5) is 22.8. The Hall–Kier alpha value is -4.25. The van der Waals surface area contributed by atoms with Crippen molar-refractivity contribution in [3.8, 4) is 17.2 Å². The Balaban J connectivity index is 1.38. The zero-order valence-corrected chi connectivity index (χ0v) is 17.3. The van der Waals surface area contributed by atoms with Crippen LogP contribution in [0.3, 0.4) is 0 Å². The highest BCUT2D eigenvalue weighted by Gasteiger charge is 2.21. The number of hydrogen-bond donors (Lipinski definition) is 1. The van der Waals surface area contributed by atoms with Gasteiger partial charge in [0, 0.05) is 30.0 Å². The van der Waals surface area contributed by atoms with Crippen LogP contribution in [-0.4, -0.2) is 30.8 Å².